The van der Waals surface area contributed by atoms with E-state index in [1.807, 2.05) is 0 Å². The molecule has 7 heteroatoms. The third-order valence-electron chi connectivity index (χ3n) is 3.84. The van der Waals surface area contributed by atoms with Crippen molar-refractivity contribution in [1.82, 2.24) is 4.90 Å². The summed E-state index contributed by atoms with van der Waals surface area (Å²) in [7, 11) is 1.23. The summed E-state index contributed by atoms with van der Waals surface area (Å²) in [4.78, 5) is 25.6. The molecule has 1 aromatic rings. The Hall–Kier alpha value is -2.18. The predicted octanol–water partition coefficient (Wildman–Crippen LogP) is 3.09. The second kappa shape index (κ2) is 6.75. The zero-order chi connectivity index (χ0) is 18.1. The van der Waals surface area contributed by atoms with Gasteiger partial charge in [0.15, 0.2) is 0 Å². The molecule has 1 heterocycles. The van der Waals surface area contributed by atoms with Gasteiger partial charge in [0.1, 0.15) is 17.2 Å². The van der Waals surface area contributed by atoms with E-state index in [0.717, 1.165) is 12.1 Å². The van der Waals surface area contributed by atoms with Gasteiger partial charge in [-0.2, -0.15) is 0 Å². The highest BCUT2D eigenvalue weighted by molar-refractivity contribution is 5.77. The minimum absolute atomic E-state index is 0.0586. The zero-order valence-electron chi connectivity index (χ0n) is 14.1. The number of benzene rings is 1. The van der Waals surface area contributed by atoms with Crippen molar-refractivity contribution in [3.63, 3.8) is 0 Å². The van der Waals surface area contributed by atoms with Crippen LogP contribution in [0.3, 0.4) is 0 Å². The Labute approximate surface area is 139 Å². The number of likely N-dealkylation sites (tertiary alicyclic amines) is 1. The zero-order valence-corrected chi connectivity index (χ0v) is 14.1. The molecule has 2 rings (SSSR count). The molecule has 1 aliphatic rings. The third-order valence-corrected chi connectivity index (χ3v) is 3.84. The monoisotopic (exact) mass is 341 g/mol. The van der Waals surface area contributed by atoms with E-state index in [9.17, 15) is 18.4 Å². The molecule has 0 aromatic heterocycles. The predicted molar refractivity (Wildman–Crippen MR) is 82.4 cm³/mol. The summed E-state index contributed by atoms with van der Waals surface area (Å²) in [6, 6.07) is 3.19. The fourth-order valence-electron chi connectivity index (χ4n) is 2.79. The maximum Gasteiger partial charge on any atom is 0.410 e. The Morgan fingerprint density at radius 1 is 1.21 bits per heavy atom. The van der Waals surface area contributed by atoms with Crippen LogP contribution in [0.15, 0.2) is 18.2 Å². The van der Waals surface area contributed by atoms with Crippen LogP contribution in [-0.2, 0) is 14.3 Å². The van der Waals surface area contributed by atoms with E-state index < -0.39 is 41.1 Å². The largest absolute Gasteiger partial charge is 0.469 e. The molecule has 0 spiro atoms. The number of esters is 1. The van der Waals surface area contributed by atoms with Gasteiger partial charge in [-0.3, -0.25) is 4.79 Å². The molecule has 1 aliphatic heterocycles. The Morgan fingerprint density at radius 2 is 1.88 bits per heavy atom. The first-order valence-corrected chi connectivity index (χ1v) is 7.63. The van der Waals surface area contributed by atoms with Gasteiger partial charge in [-0.15, -0.1) is 0 Å². The molecule has 0 aliphatic carbocycles. The van der Waals surface area contributed by atoms with E-state index in [0.29, 0.717) is 0 Å². The second-order valence-electron chi connectivity index (χ2n) is 6.79. The fourth-order valence-corrected chi connectivity index (χ4v) is 2.79. The average Bonchev–Trinajstić information content (AvgIpc) is 2.89. The van der Waals surface area contributed by atoms with E-state index >= 15 is 0 Å². The highest BCUT2D eigenvalue weighted by Crippen LogP contribution is 2.35. The lowest BCUT2D eigenvalue weighted by atomic mass is 9.88. The molecule has 1 fully saturated rings. The maximum atomic E-state index is 14.1. The third kappa shape index (κ3) is 4.01. The molecule has 1 aromatic carbocycles. The first-order chi connectivity index (χ1) is 11.1. The molecule has 1 amide bonds. The summed E-state index contributed by atoms with van der Waals surface area (Å²) in [6.45, 7) is 5.35. The summed E-state index contributed by atoms with van der Waals surface area (Å²) in [5.74, 6) is -3.35. The Bertz CT molecular complexity index is 642. The van der Waals surface area contributed by atoms with Crippen LogP contribution in [0.5, 0.6) is 0 Å². The molecule has 2 atom stereocenters. The molecular formula is C17H21F2NO4. The summed E-state index contributed by atoms with van der Waals surface area (Å²) in [5.41, 5.74) is -0.505. The number of ether oxygens (including phenoxy) is 2. The van der Waals surface area contributed by atoms with Crippen LogP contribution in [0.4, 0.5) is 13.6 Å². The molecule has 1 unspecified atom stereocenters. The van der Waals surface area contributed by atoms with Gasteiger partial charge in [0.05, 0.1) is 13.0 Å². The van der Waals surface area contributed by atoms with Crippen LogP contribution in [-0.4, -0.2) is 42.8 Å². The number of carbonyl (C=O) groups is 2. The molecule has 0 N–H and O–H groups in total. The van der Waals surface area contributed by atoms with Crippen LogP contribution in [0.2, 0.25) is 0 Å². The van der Waals surface area contributed by atoms with Crippen LogP contribution in [0, 0.1) is 17.6 Å². The van der Waals surface area contributed by atoms with Crippen molar-refractivity contribution in [2.45, 2.75) is 32.3 Å². The van der Waals surface area contributed by atoms with Crippen molar-refractivity contribution in [2.24, 2.45) is 5.92 Å². The summed E-state index contributed by atoms with van der Waals surface area (Å²) < 4.78 is 37.3. The normalized spacial score (nSPS) is 20.8. The van der Waals surface area contributed by atoms with Gasteiger partial charge in [-0.05, 0) is 32.4 Å². The minimum Gasteiger partial charge on any atom is -0.469 e. The second-order valence-corrected chi connectivity index (χ2v) is 6.79. The summed E-state index contributed by atoms with van der Waals surface area (Å²) >= 11 is 0. The van der Waals surface area contributed by atoms with Gasteiger partial charge in [0.2, 0.25) is 0 Å². The molecule has 132 valence electrons. The first kappa shape index (κ1) is 18.2. The van der Waals surface area contributed by atoms with Crippen LogP contribution in [0.1, 0.15) is 32.3 Å². The SMILES string of the molecule is COC(=O)C1CN(C(=O)OC(C)(C)C)C[C@H]1c1ccc(F)cc1F. The molecule has 24 heavy (non-hydrogen) atoms. The Morgan fingerprint density at radius 3 is 2.42 bits per heavy atom. The minimum atomic E-state index is -0.750. The van der Waals surface area contributed by atoms with Crippen molar-refractivity contribution in [2.75, 3.05) is 20.2 Å². The van der Waals surface area contributed by atoms with Crippen molar-refractivity contribution >= 4 is 12.1 Å². The molecule has 0 bridgehead atoms. The van der Waals surface area contributed by atoms with Crippen LogP contribution < -0.4 is 0 Å². The van der Waals surface area contributed by atoms with Gasteiger partial charge in [-0.25, -0.2) is 13.6 Å². The first-order valence-electron chi connectivity index (χ1n) is 7.63. The molecular weight excluding hydrogens is 320 g/mol. The van der Waals surface area contributed by atoms with Gasteiger partial charge in [0, 0.05) is 25.1 Å². The molecule has 1 saturated heterocycles. The average molecular weight is 341 g/mol. The quantitative estimate of drug-likeness (QED) is 0.776. The van der Waals surface area contributed by atoms with Crippen molar-refractivity contribution in [3.8, 4) is 0 Å². The van der Waals surface area contributed by atoms with E-state index in [1.54, 1.807) is 20.8 Å². The highest BCUT2D eigenvalue weighted by Gasteiger charge is 2.43. The van der Waals surface area contributed by atoms with Crippen molar-refractivity contribution in [1.29, 1.82) is 0 Å². The van der Waals surface area contributed by atoms with E-state index in [1.165, 1.54) is 18.1 Å². The van der Waals surface area contributed by atoms with E-state index in [4.69, 9.17) is 9.47 Å². The van der Waals surface area contributed by atoms with Gasteiger partial charge < -0.3 is 14.4 Å². The number of hydrogen-bond acceptors (Lipinski definition) is 4. The molecule has 5 nitrogen and oxygen atoms in total. The van der Waals surface area contributed by atoms with Crippen molar-refractivity contribution < 1.29 is 27.8 Å². The Balaban J connectivity index is 2.28. The Kier molecular flexibility index (Phi) is 5.11. The lowest BCUT2D eigenvalue weighted by molar-refractivity contribution is -0.145. The van der Waals surface area contributed by atoms with E-state index in [2.05, 4.69) is 0 Å². The smallest absolute Gasteiger partial charge is 0.410 e. The number of hydrogen-bond donors (Lipinski definition) is 0. The summed E-state index contributed by atoms with van der Waals surface area (Å²) in [6.07, 6.45) is -0.582. The molecule has 0 saturated carbocycles. The number of methoxy groups -OCH3 is 1. The number of carbonyl (C=O) groups excluding carboxylic acids is 2. The van der Waals surface area contributed by atoms with Crippen LogP contribution >= 0.6 is 0 Å². The number of amides is 1. The number of halogens is 2. The fraction of sp³-hybridized carbons (Fsp3) is 0.529. The van der Waals surface area contributed by atoms with E-state index in [-0.39, 0.29) is 18.7 Å². The van der Waals surface area contributed by atoms with Crippen LogP contribution in [0.25, 0.3) is 0 Å². The lowest BCUT2D eigenvalue weighted by Gasteiger charge is -2.24. The highest BCUT2D eigenvalue weighted by atomic mass is 19.1. The van der Waals surface area contributed by atoms with Crippen molar-refractivity contribution in [3.05, 3.63) is 35.4 Å². The number of nitrogens with zero attached hydrogens (tertiary/aromatic N) is 1. The number of rotatable bonds is 2. The molecule has 0 radical (unpaired) electrons. The topological polar surface area (TPSA) is 55.8 Å². The summed E-state index contributed by atoms with van der Waals surface area (Å²) in [5, 5.41) is 0. The van der Waals surface area contributed by atoms with Gasteiger partial charge in [-0.1, -0.05) is 6.07 Å². The standard InChI is InChI=1S/C17H21F2NO4/c1-17(2,3)24-16(22)20-8-12(13(9-20)15(21)23-4)11-6-5-10(18)7-14(11)19/h5-7,12-13H,8-9H2,1-4H3/t12-,13?/m0/s1. The van der Waals surface area contributed by atoms with Gasteiger partial charge >= 0.3 is 12.1 Å². The maximum absolute atomic E-state index is 14.1. The van der Waals surface area contributed by atoms with Gasteiger partial charge in [0.25, 0.3) is 0 Å². The lowest BCUT2D eigenvalue weighted by Crippen LogP contribution is -2.36.